The fourth-order valence-electron chi connectivity index (χ4n) is 8.36. The highest BCUT2D eigenvalue weighted by Crippen LogP contribution is 2.64. The van der Waals surface area contributed by atoms with Crippen LogP contribution in [0.25, 0.3) is 54.2 Å². The minimum Gasteiger partial charge on any atom is -0.507 e. The summed E-state index contributed by atoms with van der Waals surface area (Å²) in [5.41, 5.74) is 8.01. The van der Waals surface area contributed by atoms with E-state index in [0.29, 0.717) is 0 Å². The maximum absolute atomic E-state index is 11.0. The second-order valence-electron chi connectivity index (χ2n) is 12.2. The number of aromatic hydroxyl groups is 1. The van der Waals surface area contributed by atoms with E-state index in [9.17, 15) is 5.11 Å². The summed E-state index contributed by atoms with van der Waals surface area (Å²) in [7, 11) is 0. The van der Waals surface area contributed by atoms with E-state index in [4.69, 9.17) is 4.74 Å². The summed E-state index contributed by atoms with van der Waals surface area (Å²) in [6.07, 6.45) is 0. The van der Waals surface area contributed by atoms with E-state index < -0.39 is 5.41 Å². The summed E-state index contributed by atoms with van der Waals surface area (Å²) in [4.78, 5) is 0. The molecule has 8 aromatic carbocycles. The van der Waals surface area contributed by atoms with Gasteiger partial charge in [0.2, 0.25) is 0 Å². The monoisotopic (exact) mass is 562 g/mol. The van der Waals surface area contributed by atoms with Crippen molar-refractivity contribution >= 4 is 43.1 Å². The van der Waals surface area contributed by atoms with Crippen LogP contribution in [0.1, 0.15) is 27.8 Å². The van der Waals surface area contributed by atoms with Crippen LogP contribution in [0, 0.1) is 6.92 Å². The summed E-state index contributed by atoms with van der Waals surface area (Å²) in [6.45, 7) is 2.19. The minimum absolute atomic E-state index is 0.280. The van der Waals surface area contributed by atoms with E-state index in [1.807, 2.05) is 24.3 Å². The summed E-state index contributed by atoms with van der Waals surface area (Å²) in [5.74, 6) is 2.04. The fraction of sp³-hybridized carbons (Fsp3) is 0.0476. The molecule has 0 bridgehead atoms. The summed E-state index contributed by atoms with van der Waals surface area (Å²) in [5, 5.41) is 19.6. The van der Waals surface area contributed by atoms with Crippen molar-refractivity contribution in [3.63, 3.8) is 0 Å². The number of hydrogen-bond acceptors (Lipinski definition) is 2. The lowest BCUT2D eigenvalue weighted by molar-refractivity contribution is 0.447. The van der Waals surface area contributed by atoms with Crippen LogP contribution < -0.4 is 4.74 Å². The van der Waals surface area contributed by atoms with Gasteiger partial charge in [0.1, 0.15) is 17.2 Å². The number of ether oxygens (including phenoxy) is 1. The molecule has 0 amide bonds. The zero-order chi connectivity index (χ0) is 29.2. The van der Waals surface area contributed by atoms with E-state index in [0.717, 1.165) is 49.6 Å². The van der Waals surface area contributed by atoms with E-state index in [2.05, 4.69) is 116 Å². The molecule has 0 unspecified atom stereocenters. The van der Waals surface area contributed by atoms with Crippen LogP contribution >= 0.6 is 0 Å². The highest BCUT2D eigenvalue weighted by atomic mass is 16.5. The Balaban J connectivity index is 1.48. The molecule has 0 saturated heterocycles. The average Bonchev–Trinajstić information content (AvgIpc) is 3.35. The molecule has 0 fully saturated rings. The lowest BCUT2D eigenvalue weighted by Crippen LogP contribution is -2.32. The van der Waals surface area contributed by atoms with E-state index >= 15 is 0 Å². The fourth-order valence-corrected chi connectivity index (χ4v) is 8.36. The number of benzene rings is 8. The van der Waals surface area contributed by atoms with Gasteiger partial charge in [-0.05, 0) is 67.7 Å². The van der Waals surface area contributed by atoms with Crippen molar-refractivity contribution in [2.45, 2.75) is 12.3 Å². The number of fused-ring (bicyclic) bond motifs is 17. The normalized spacial score (nSPS) is 14.0. The molecular weight excluding hydrogens is 536 g/mol. The SMILES string of the molecule is Cc1cc2ccc3c(c2c2ccccc12)Oc1c(ccc2cc(O)c4ccccc4c12)C31c2ccccc2-c2ccccc21. The summed E-state index contributed by atoms with van der Waals surface area (Å²) >= 11 is 0. The Kier molecular flexibility index (Phi) is 4.49. The van der Waals surface area contributed by atoms with Crippen LogP contribution in [0.3, 0.4) is 0 Å². The second kappa shape index (κ2) is 8.27. The molecule has 0 radical (unpaired) electrons. The molecular formula is C42H26O2. The number of aryl methyl sites for hydroxylation is 1. The minimum atomic E-state index is -0.580. The van der Waals surface area contributed by atoms with Crippen molar-refractivity contribution in [2.24, 2.45) is 0 Å². The molecule has 2 nitrogen and oxygen atoms in total. The van der Waals surface area contributed by atoms with Gasteiger partial charge in [0.15, 0.2) is 0 Å². The first-order valence-electron chi connectivity index (χ1n) is 15.2. The van der Waals surface area contributed by atoms with Crippen molar-refractivity contribution in [1.29, 1.82) is 0 Å². The van der Waals surface area contributed by atoms with E-state index in [-0.39, 0.29) is 5.75 Å². The highest BCUT2D eigenvalue weighted by Gasteiger charge is 2.51. The molecule has 2 aliphatic rings. The van der Waals surface area contributed by atoms with Gasteiger partial charge in [-0.15, -0.1) is 0 Å². The largest absolute Gasteiger partial charge is 0.507 e. The van der Waals surface area contributed by atoms with Crippen molar-refractivity contribution < 1.29 is 9.84 Å². The topological polar surface area (TPSA) is 29.5 Å². The highest BCUT2D eigenvalue weighted by molar-refractivity contribution is 6.16. The predicted molar refractivity (Wildman–Crippen MR) is 180 cm³/mol. The Hall–Kier alpha value is -5.60. The molecule has 1 N–H and O–H groups in total. The lowest BCUT2D eigenvalue weighted by atomic mass is 9.65. The number of hydrogen-bond donors (Lipinski definition) is 1. The first-order chi connectivity index (χ1) is 21.7. The third-order valence-electron chi connectivity index (χ3n) is 10.1. The van der Waals surface area contributed by atoms with Gasteiger partial charge in [0, 0.05) is 27.3 Å². The van der Waals surface area contributed by atoms with Crippen LogP contribution in [0.4, 0.5) is 0 Å². The van der Waals surface area contributed by atoms with Gasteiger partial charge in [-0.1, -0.05) is 127 Å². The molecule has 10 rings (SSSR count). The summed E-state index contributed by atoms with van der Waals surface area (Å²) < 4.78 is 7.34. The lowest BCUT2D eigenvalue weighted by Gasteiger charge is -2.40. The first kappa shape index (κ1) is 23.9. The number of phenolic OH excluding ortho intramolecular Hbond substituents is 1. The Bertz CT molecular complexity index is 2380. The molecule has 1 aliphatic carbocycles. The smallest absolute Gasteiger partial charge is 0.140 e. The Labute approximate surface area is 254 Å². The van der Waals surface area contributed by atoms with Gasteiger partial charge >= 0.3 is 0 Å². The van der Waals surface area contributed by atoms with Gasteiger partial charge < -0.3 is 9.84 Å². The van der Waals surface area contributed by atoms with Crippen molar-refractivity contribution in [1.82, 2.24) is 0 Å². The van der Waals surface area contributed by atoms with Gasteiger partial charge in [-0.3, -0.25) is 0 Å². The van der Waals surface area contributed by atoms with Crippen LogP contribution in [-0.4, -0.2) is 5.11 Å². The average molecular weight is 563 g/mol. The molecule has 44 heavy (non-hydrogen) atoms. The Morgan fingerprint density at radius 2 is 0.955 bits per heavy atom. The van der Waals surface area contributed by atoms with Gasteiger partial charge in [0.25, 0.3) is 0 Å². The molecule has 8 aromatic rings. The van der Waals surface area contributed by atoms with E-state index in [1.165, 1.54) is 44.0 Å². The molecule has 2 heteroatoms. The molecule has 0 saturated carbocycles. The molecule has 206 valence electrons. The third kappa shape index (κ3) is 2.77. The van der Waals surface area contributed by atoms with Crippen LogP contribution in [0.15, 0.2) is 133 Å². The van der Waals surface area contributed by atoms with Crippen molar-refractivity contribution in [3.8, 4) is 28.4 Å². The molecule has 1 aliphatic heterocycles. The maximum atomic E-state index is 11.0. The van der Waals surface area contributed by atoms with Crippen molar-refractivity contribution in [2.75, 3.05) is 0 Å². The zero-order valence-corrected chi connectivity index (χ0v) is 24.1. The van der Waals surface area contributed by atoms with Crippen LogP contribution in [0.2, 0.25) is 0 Å². The zero-order valence-electron chi connectivity index (χ0n) is 24.1. The van der Waals surface area contributed by atoms with Crippen molar-refractivity contribution in [3.05, 3.63) is 161 Å². The quantitative estimate of drug-likeness (QED) is 0.186. The number of rotatable bonds is 0. The van der Waals surface area contributed by atoms with Crippen LogP contribution in [0.5, 0.6) is 17.2 Å². The first-order valence-corrected chi connectivity index (χ1v) is 15.2. The predicted octanol–water partition coefficient (Wildman–Crippen LogP) is 10.8. The molecule has 0 atom stereocenters. The maximum Gasteiger partial charge on any atom is 0.140 e. The van der Waals surface area contributed by atoms with E-state index in [1.54, 1.807) is 0 Å². The molecule has 1 spiro atoms. The number of phenols is 1. The summed E-state index contributed by atoms with van der Waals surface area (Å²) in [6, 6.07) is 47.6. The second-order valence-corrected chi connectivity index (χ2v) is 12.2. The van der Waals surface area contributed by atoms with Crippen LogP contribution in [-0.2, 0) is 5.41 Å². The molecule has 0 aromatic heterocycles. The Morgan fingerprint density at radius 1 is 0.477 bits per heavy atom. The van der Waals surface area contributed by atoms with Gasteiger partial charge in [-0.25, -0.2) is 0 Å². The standard InChI is InChI=1S/C42H26O2/c1-24-22-25-18-20-35-40(38(25)31-14-4-2-10-27(24)31)44-41-36(21-19-26-23-37(43)30-13-3-5-15-32(30)39(26)41)42(35)33-16-8-6-11-28(33)29-12-7-9-17-34(29)42/h2-23,43H,1H3. The molecule has 1 heterocycles. The third-order valence-corrected chi connectivity index (χ3v) is 10.1. The Morgan fingerprint density at radius 3 is 1.57 bits per heavy atom. The van der Waals surface area contributed by atoms with Gasteiger partial charge in [0.05, 0.1) is 5.41 Å². The van der Waals surface area contributed by atoms with Gasteiger partial charge in [-0.2, -0.15) is 0 Å².